The van der Waals surface area contributed by atoms with E-state index >= 15 is 0 Å². The Morgan fingerprint density at radius 2 is 2.10 bits per heavy atom. The second-order valence-corrected chi connectivity index (χ2v) is 6.25. The van der Waals surface area contributed by atoms with Gasteiger partial charge < -0.3 is 15.8 Å². The molecule has 0 aliphatic heterocycles. The average molecular weight is 320 g/mol. The highest BCUT2D eigenvalue weighted by Crippen LogP contribution is 2.17. The molecule has 0 saturated carbocycles. The highest BCUT2D eigenvalue weighted by atomic mass is 32.1. The van der Waals surface area contributed by atoms with Gasteiger partial charge in [-0.05, 0) is 31.2 Å². The van der Waals surface area contributed by atoms with Gasteiger partial charge in [0.25, 0.3) is 5.91 Å². The zero-order valence-corrected chi connectivity index (χ0v) is 13.2. The first kappa shape index (κ1) is 15.5. The van der Waals surface area contributed by atoms with Crippen molar-refractivity contribution in [2.75, 3.05) is 6.61 Å². The number of ether oxygens (including phenoxy) is 1. The van der Waals surface area contributed by atoms with E-state index in [1.54, 1.807) is 23.5 Å². The number of amides is 1. The molecule has 0 radical (unpaired) electrons. The van der Waals surface area contributed by atoms with Crippen LogP contribution in [0.3, 0.4) is 0 Å². The zero-order valence-electron chi connectivity index (χ0n) is 11.6. The van der Waals surface area contributed by atoms with Crippen LogP contribution in [0.15, 0.2) is 36.4 Å². The topological polar surface area (TPSA) is 64.3 Å². The maximum atomic E-state index is 11.8. The third kappa shape index (κ3) is 4.54. The number of hydrogen-bond donors (Lipinski definition) is 2. The summed E-state index contributed by atoms with van der Waals surface area (Å²) in [5, 5.41) is 2.81. The molecule has 0 bridgehead atoms. The van der Waals surface area contributed by atoms with Crippen molar-refractivity contribution in [3.05, 3.63) is 51.7 Å². The smallest absolute Gasteiger partial charge is 0.258 e. The fourth-order valence-electron chi connectivity index (χ4n) is 1.76. The third-order valence-corrected chi connectivity index (χ3v) is 3.99. The second-order valence-electron chi connectivity index (χ2n) is 4.44. The van der Waals surface area contributed by atoms with Crippen molar-refractivity contribution in [2.45, 2.75) is 13.5 Å². The van der Waals surface area contributed by atoms with Crippen LogP contribution in [0, 0.1) is 6.92 Å². The standard InChI is InChI=1S/C15H16N2O2S2/c1-10-6-7-11(21-10)8-17-14(18)9-19-13-5-3-2-4-12(13)15(16)20/h2-7H,8-9H2,1H3,(H2,16,20)(H,17,18). The first-order valence-corrected chi connectivity index (χ1v) is 7.62. The molecular weight excluding hydrogens is 304 g/mol. The number of aryl methyl sites for hydroxylation is 1. The molecular formula is C15H16N2O2S2. The van der Waals surface area contributed by atoms with Gasteiger partial charge in [0.2, 0.25) is 0 Å². The van der Waals surface area contributed by atoms with E-state index in [4.69, 9.17) is 22.7 Å². The predicted molar refractivity (Wildman–Crippen MR) is 88.7 cm³/mol. The molecule has 0 spiro atoms. The number of rotatable bonds is 6. The fraction of sp³-hybridized carbons (Fsp3) is 0.200. The fourth-order valence-corrected chi connectivity index (χ4v) is 2.75. The Kier molecular flexibility index (Phi) is 5.30. The first-order chi connectivity index (χ1) is 10.1. The lowest BCUT2D eigenvalue weighted by Crippen LogP contribution is -2.28. The lowest BCUT2D eigenvalue weighted by Gasteiger charge is -2.10. The first-order valence-electron chi connectivity index (χ1n) is 6.40. The van der Waals surface area contributed by atoms with Gasteiger partial charge in [-0.1, -0.05) is 24.4 Å². The molecule has 2 aromatic rings. The number of carbonyl (C=O) groups excluding carboxylic acids is 1. The average Bonchev–Trinajstić information content (AvgIpc) is 2.88. The van der Waals surface area contributed by atoms with Crippen LogP contribution in [0.4, 0.5) is 0 Å². The Morgan fingerprint density at radius 1 is 1.33 bits per heavy atom. The molecule has 6 heteroatoms. The van der Waals surface area contributed by atoms with Crippen molar-refractivity contribution in [3.8, 4) is 5.75 Å². The van der Waals surface area contributed by atoms with Crippen molar-refractivity contribution in [2.24, 2.45) is 5.73 Å². The van der Waals surface area contributed by atoms with Crippen LogP contribution in [-0.2, 0) is 11.3 Å². The van der Waals surface area contributed by atoms with E-state index in [2.05, 4.69) is 5.32 Å². The minimum absolute atomic E-state index is 0.0655. The molecule has 1 aromatic carbocycles. The van der Waals surface area contributed by atoms with Crippen LogP contribution in [0.25, 0.3) is 0 Å². The molecule has 2 rings (SSSR count). The van der Waals surface area contributed by atoms with Crippen molar-refractivity contribution >= 4 is 34.5 Å². The van der Waals surface area contributed by atoms with Crippen LogP contribution in [0.1, 0.15) is 15.3 Å². The van der Waals surface area contributed by atoms with Crippen molar-refractivity contribution in [1.82, 2.24) is 5.32 Å². The number of nitrogens with one attached hydrogen (secondary N) is 1. The van der Waals surface area contributed by atoms with Crippen molar-refractivity contribution < 1.29 is 9.53 Å². The highest BCUT2D eigenvalue weighted by Gasteiger charge is 2.08. The van der Waals surface area contributed by atoms with E-state index in [0.29, 0.717) is 17.9 Å². The summed E-state index contributed by atoms with van der Waals surface area (Å²) in [4.78, 5) is 14.4. The summed E-state index contributed by atoms with van der Waals surface area (Å²) < 4.78 is 5.48. The van der Waals surface area contributed by atoms with E-state index < -0.39 is 0 Å². The maximum Gasteiger partial charge on any atom is 0.258 e. The van der Waals surface area contributed by atoms with Crippen LogP contribution in [0.5, 0.6) is 5.75 Å². The molecule has 0 atom stereocenters. The summed E-state index contributed by atoms with van der Waals surface area (Å²) >= 11 is 6.61. The van der Waals surface area contributed by atoms with Gasteiger partial charge in [0.1, 0.15) is 10.7 Å². The Labute approximate surface area is 132 Å². The summed E-state index contributed by atoms with van der Waals surface area (Å²) in [6.07, 6.45) is 0. The number of thiocarbonyl (C=S) groups is 1. The Hall–Kier alpha value is -1.92. The summed E-state index contributed by atoms with van der Waals surface area (Å²) in [5.74, 6) is 0.339. The van der Waals surface area contributed by atoms with Gasteiger partial charge in [-0.3, -0.25) is 4.79 Å². The number of carbonyl (C=O) groups is 1. The largest absolute Gasteiger partial charge is 0.483 e. The van der Waals surface area contributed by atoms with Crippen molar-refractivity contribution in [1.29, 1.82) is 0 Å². The molecule has 0 aliphatic rings. The molecule has 0 fully saturated rings. The van der Waals surface area contributed by atoms with Crippen molar-refractivity contribution in [3.63, 3.8) is 0 Å². The van der Waals surface area contributed by atoms with E-state index in [1.807, 2.05) is 31.2 Å². The normalized spacial score (nSPS) is 10.1. The van der Waals surface area contributed by atoms with Gasteiger partial charge in [-0.15, -0.1) is 11.3 Å². The lowest BCUT2D eigenvalue weighted by molar-refractivity contribution is -0.123. The van der Waals surface area contributed by atoms with Gasteiger partial charge in [-0.25, -0.2) is 0 Å². The highest BCUT2D eigenvalue weighted by molar-refractivity contribution is 7.80. The molecule has 3 N–H and O–H groups in total. The summed E-state index contributed by atoms with van der Waals surface area (Å²) in [6.45, 7) is 2.48. The van der Waals surface area contributed by atoms with E-state index in [9.17, 15) is 4.79 Å². The number of thiophene rings is 1. The minimum atomic E-state index is -0.182. The Balaban J connectivity index is 1.85. The quantitative estimate of drug-likeness (QED) is 0.802. The monoisotopic (exact) mass is 320 g/mol. The van der Waals surface area contributed by atoms with Gasteiger partial charge >= 0.3 is 0 Å². The summed E-state index contributed by atoms with van der Waals surface area (Å²) in [7, 11) is 0. The van der Waals surface area contributed by atoms with Crippen LogP contribution < -0.4 is 15.8 Å². The zero-order chi connectivity index (χ0) is 15.2. The van der Waals surface area contributed by atoms with E-state index in [0.717, 1.165) is 4.88 Å². The molecule has 110 valence electrons. The molecule has 4 nitrogen and oxygen atoms in total. The summed E-state index contributed by atoms with van der Waals surface area (Å²) in [6, 6.07) is 11.2. The number of hydrogen-bond acceptors (Lipinski definition) is 4. The van der Waals surface area contributed by atoms with Crippen LogP contribution in [-0.4, -0.2) is 17.5 Å². The maximum absolute atomic E-state index is 11.8. The second kappa shape index (κ2) is 7.19. The third-order valence-electron chi connectivity index (χ3n) is 2.77. The van der Waals surface area contributed by atoms with Crippen LogP contribution in [0.2, 0.25) is 0 Å². The molecule has 0 saturated heterocycles. The summed E-state index contributed by atoms with van der Waals surface area (Å²) in [5.41, 5.74) is 6.24. The molecule has 0 unspecified atom stereocenters. The predicted octanol–water partition coefficient (Wildman–Crippen LogP) is 2.39. The van der Waals surface area contributed by atoms with E-state index in [1.165, 1.54) is 4.88 Å². The SMILES string of the molecule is Cc1ccc(CNC(=O)COc2ccccc2C(N)=S)s1. The number of para-hydroxylation sites is 1. The number of nitrogens with two attached hydrogens (primary N) is 1. The molecule has 1 aromatic heterocycles. The molecule has 1 amide bonds. The molecule has 0 aliphatic carbocycles. The van der Waals surface area contributed by atoms with Gasteiger partial charge in [0.05, 0.1) is 12.1 Å². The van der Waals surface area contributed by atoms with E-state index in [-0.39, 0.29) is 17.5 Å². The van der Waals surface area contributed by atoms with Gasteiger partial charge in [0.15, 0.2) is 6.61 Å². The minimum Gasteiger partial charge on any atom is -0.483 e. The number of benzene rings is 1. The van der Waals surface area contributed by atoms with Crippen LogP contribution >= 0.6 is 23.6 Å². The van der Waals surface area contributed by atoms with Gasteiger partial charge in [-0.2, -0.15) is 0 Å². The Morgan fingerprint density at radius 3 is 2.76 bits per heavy atom. The lowest BCUT2D eigenvalue weighted by atomic mass is 10.2. The molecule has 1 heterocycles. The Bertz CT molecular complexity index is 653. The van der Waals surface area contributed by atoms with Gasteiger partial charge in [0, 0.05) is 9.75 Å². The molecule has 21 heavy (non-hydrogen) atoms.